The van der Waals surface area contributed by atoms with Gasteiger partial charge in [-0.25, -0.2) is 8.42 Å². The average Bonchev–Trinajstić information content (AvgIpc) is 2.39. The molecular formula is C12H18N2O2S2. The van der Waals surface area contributed by atoms with E-state index in [-0.39, 0.29) is 5.75 Å². The molecule has 0 saturated carbocycles. The number of hydrogen-bond donors (Lipinski definition) is 1. The van der Waals surface area contributed by atoms with Crippen LogP contribution >= 0.6 is 11.8 Å². The highest BCUT2D eigenvalue weighted by atomic mass is 32.2. The maximum atomic E-state index is 12.2. The molecule has 1 heterocycles. The van der Waals surface area contributed by atoms with Gasteiger partial charge < -0.3 is 10.6 Å². The van der Waals surface area contributed by atoms with Gasteiger partial charge in [0.2, 0.25) is 0 Å². The number of nitrogens with two attached hydrogens (primary N) is 1. The third-order valence-electron chi connectivity index (χ3n) is 3.15. The lowest BCUT2D eigenvalue weighted by atomic mass is 10.2. The first-order valence-electron chi connectivity index (χ1n) is 5.96. The number of para-hydroxylation sites is 2. The van der Waals surface area contributed by atoms with E-state index in [0.29, 0.717) is 11.4 Å². The van der Waals surface area contributed by atoms with Gasteiger partial charge in [0, 0.05) is 23.8 Å². The standard InChI is InChI=1S/C12H18N2O2S2/c1-2-18(15,16)12-9-17-8-7-14(12)11-6-4-3-5-10(11)13/h3-6,12H,2,7-9,13H2,1H3. The fourth-order valence-corrected chi connectivity index (χ4v) is 5.08. The highest BCUT2D eigenvalue weighted by molar-refractivity contribution is 8.01. The Hall–Kier alpha value is -0.880. The average molecular weight is 286 g/mol. The molecule has 0 spiro atoms. The number of nitrogen functional groups attached to an aromatic ring is 1. The number of anilines is 2. The van der Waals surface area contributed by atoms with Crippen LogP contribution in [0.3, 0.4) is 0 Å². The predicted octanol–water partition coefficient (Wildman–Crippen LogP) is 1.58. The lowest BCUT2D eigenvalue weighted by Gasteiger charge is -2.37. The molecule has 2 rings (SSSR count). The Bertz CT molecular complexity index is 517. The molecule has 0 amide bonds. The molecule has 1 unspecified atom stereocenters. The topological polar surface area (TPSA) is 63.4 Å². The van der Waals surface area contributed by atoms with Crippen LogP contribution in [0.5, 0.6) is 0 Å². The molecule has 1 fully saturated rings. The molecule has 0 aliphatic carbocycles. The van der Waals surface area contributed by atoms with Crippen LogP contribution in [0.15, 0.2) is 24.3 Å². The minimum absolute atomic E-state index is 0.168. The first-order chi connectivity index (χ1) is 8.56. The van der Waals surface area contributed by atoms with E-state index >= 15 is 0 Å². The monoisotopic (exact) mass is 286 g/mol. The second kappa shape index (κ2) is 5.40. The summed E-state index contributed by atoms with van der Waals surface area (Å²) >= 11 is 1.69. The van der Waals surface area contributed by atoms with Crippen LogP contribution in [0.4, 0.5) is 11.4 Å². The third-order valence-corrected chi connectivity index (χ3v) is 6.44. The van der Waals surface area contributed by atoms with E-state index in [4.69, 9.17) is 5.73 Å². The number of thioether (sulfide) groups is 1. The van der Waals surface area contributed by atoms with E-state index < -0.39 is 15.2 Å². The van der Waals surface area contributed by atoms with Crippen molar-refractivity contribution in [2.75, 3.05) is 34.4 Å². The molecule has 1 atom stereocenters. The maximum Gasteiger partial charge on any atom is 0.171 e. The molecule has 1 aromatic carbocycles. The molecule has 18 heavy (non-hydrogen) atoms. The van der Waals surface area contributed by atoms with Crippen molar-refractivity contribution >= 4 is 33.0 Å². The second-order valence-corrected chi connectivity index (χ2v) is 7.83. The van der Waals surface area contributed by atoms with Crippen molar-refractivity contribution in [3.8, 4) is 0 Å². The summed E-state index contributed by atoms with van der Waals surface area (Å²) in [6.45, 7) is 2.42. The maximum absolute atomic E-state index is 12.2. The fraction of sp³-hybridized carbons (Fsp3) is 0.500. The van der Waals surface area contributed by atoms with Gasteiger partial charge in [-0.15, -0.1) is 0 Å². The smallest absolute Gasteiger partial charge is 0.171 e. The van der Waals surface area contributed by atoms with E-state index in [2.05, 4.69) is 0 Å². The van der Waals surface area contributed by atoms with Gasteiger partial charge >= 0.3 is 0 Å². The number of sulfone groups is 1. The predicted molar refractivity (Wildman–Crippen MR) is 78.8 cm³/mol. The Kier molecular flexibility index (Phi) is 4.07. The third kappa shape index (κ3) is 2.59. The zero-order valence-electron chi connectivity index (χ0n) is 10.4. The van der Waals surface area contributed by atoms with Gasteiger partial charge in [0.1, 0.15) is 5.37 Å². The zero-order chi connectivity index (χ0) is 13.2. The molecule has 2 N–H and O–H groups in total. The van der Waals surface area contributed by atoms with E-state index in [1.807, 2.05) is 29.2 Å². The molecule has 4 nitrogen and oxygen atoms in total. The summed E-state index contributed by atoms with van der Waals surface area (Å²) in [5.74, 6) is 1.72. The van der Waals surface area contributed by atoms with Crippen LogP contribution in [0, 0.1) is 0 Å². The minimum atomic E-state index is -3.09. The summed E-state index contributed by atoms with van der Waals surface area (Å²) in [7, 11) is -3.09. The molecule has 0 radical (unpaired) electrons. The van der Waals surface area contributed by atoms with Crippen LogP contribution in [0.25, 0.3) is 0 Å². The molecule has 0 bridgehead atoms. The van der Waals surface area contributed by atoms with Crippen molar-refractivity contribution < 1.29 is 8.42 Å². The fourth-order valence-electron chi connectivity index (χ4n) is 2.10. The highest BCUT2D eigenvalue weighted by Crippen LogP contribution is 2.31. The van der Waals surface area contributed by atoms with Crippen molar-refractivity contribution in [2.45, 2.75) is 12.3 Å². The number of rotatable bonds is 3. The molecular weight excluding hydrogens is 268 g/mol. The zero-order valence-corrected chi connectivity index (χ0v) is 12.0. The first-order valence-corrected chi connectivity index (χ1v) is 8.83. The van der Waals surface area contributed by atoms with E-state index in [1.54, 1.807) is 18.7 Å². The van der Waals surface area contributed by atoms with Gasteiger partial charge in [-0.3, -0.25) is 0 Å². The number of benzene rings is 1. The Morgan fingerprint density at radius 1 is 1.44 bits per heavy atom. The Labute approximate surface area is 112 Å². The number of nitrogens with zero attached hydrogens (tertiary/aromatic N) is 1. The largest absolute Gasteiger partial charge is 0.397 e. The molecule has 6 heteroatoms. The van der Waals surface area contributed by atoms with Crippen LogP contribution in [-0.4, -0.2) is 37.6 Å². The van der Waals surface area contributed by atoms with E-state index in [0.717, 1.165) is 18.0 Å². The molecule has 1 aliphatic rings. The van der Waals surface area contributed by atoms with Crippen LogP contribution in [-0.2, 0) is 9.84 Å². The SMILES string of the molecule is CCS(=O)(=O)C1CSCCN1c1ccccc1N. The Morgan fingerprint density at radius 2 is 2.17 bits per heavy atom. The summed E-state index contributed by atoms with van der Waals surface area (Å²) in [4.78, 5) is 1.94. The molecule has 1 saturated heterocycles. The van der Waals surface area contributed by atoms with Gasteiger partial charge in [-0.1, -0.05) is 19.1 Å². The Morgan fingerprint density at radius 3 is 2.83 bits per heavy atom. The van der Waals surface area contributed by atoms with Crippen molar-refractivity contribution in [3.63, 3.8) is 0 Å². The van der Waals surface area contributed by atoms with Gasteiger partial charge in [0.05, 0.1) is 11.4 Å². The summed E-state index contributed by atoms with van der Waals surface area (Å²) in [5, 5.41) is -0.453. The quantitative estimate of drug-likeness (QED) is 0.855. The number of hydrogen-bond acceptors (Lipinski definition) is 5. The molecule has 1 aliphatic heterocycles. The van der Waals surface area contributed by atoms with Crippen LogP contribution < -0.4 is 10.6 Å². The first kappa shape index (κ1) is 13.5. The van der Waals surface area contributed by atoms with Gasteiger partial charge in [0.25, 0.3) is 0 Å². The molecule has 0 aromatic heterocycles. The molecule has 100 valence electrons. The summed E-state index contributed by atoms with van der Waals surface area (Å²) in [6.07, 6.45) is 0. The highest BCUT2D eigenvalue weighted by Gasteiger charge is 2.33. The van der Waals surface area contributed by atoms with Crippen molar-refractivity contribution in [1.29, 1.82) is 0 Å². The van der Waals surface area contributed by atoms with E-state index in [9.17, 15) is 8.42 Å². The van der Waals surface area contributed by atoms with Gasteiger partial charge in [-0.2, -0.15) is 11.8 Å². The van der Waals surface area contributed by atoms with Crippen molar-refractivity contribution in [2.24, 2.45) is 0 Å². The van der Waals surface area contributed by atoms with Crippen molar-refractivity contribution in [3.05, 3.63) is 24.3 Å². The lowest BCUT2D eigenvalue weighted by Crippen LogP contribution is -2.48. The van der Waals surface area contributed by atoms with Crippen LogP contribution in [0.1, 0.15) is 6.92 Å². The lowest BCUT2D eigenvalue weighted by molar-refractivity contribution is 0.580. The summed E-state index contributed by atoms with van der Waals surface area (Å²) < 4.78 is 24.3. The summed E-state index contributed by atoms with van der Waals surface area (Å²) in [5.41, 5.74) is 7.43. The van der Waals surface area contributed by atoms with E-state index in [1.165, 1.54) is 0 Å². The normalized spacial score (nSPS) is 20.9. The van der Waals surface area contributed by atoms with Gasteiger partial charge in [0.15, 0.2) is 9.84 Å². The molecule has 1 aromatic rings. The van der Waals surface area contributed by atoms with Crippen LogP contribution in [0.2, 0.25) is 0 Å². The minimum Gasteiger partial charge on any atom is -0.397 e. The van der Waals surface area contributed by atoms with Crippen molar-refractivity contribution in [1.82, 2.24) is 0 Å². The summed E-state index contributed by atoms with van der Waals surface area (Å²) in [6, 6.07) is 7.46. The van der Waals surface area contributed by atoms with Gasteiger partial charge in [-0.05, 0) is 12.1 Å². The second-order valence-electron chi connectivity index (χ2n) is 4.23. The Balaban J connectivity index is 2.38.